The predicted molar refractivity (Wildman–Crippen MR) is 35.1 cm³/mol. The third-order valence-corrected chi connectivity index (χ3v) is 1.78. The monoisotopic (exact) mass is 130 g/mol. The lowest BCUT2D eigenvalue weighted by atomic mass is 10.0. The quantitative estimate of drug-likeness (QED) is 0.534. The van der Waals surface area contributed by atoms with Crippen LogP contribution >= 0.6 is 0 Å². The second-order valence-electron chi connectivity index (χ2n) is 2.59. The summed E-state index contributed by atoms with van der Waals surface area (Å²) in [5.41, 5.74) is 0. The Hall–Kier alpha value is -0.0800. The fourth-order valence-electron chi connectivity index (χ4n) is 1.21. The van der Waals surface area contributed by atoms with E-state index in [2.05, 4.69) is 6.92 Å². The first kappa shape index (κ1) is 7.03. The first-order valence-electron chi connectivity index (χ1n) is 3.49. The van der Waals surface area contributed by atoms with Gasteiger partial charge in [0.2, 0.25) is 0 Å². The SMILES string of the molecule is CO[C@H]1OCCC[C@H]1C. The Kier molecular flexibility index (Phi) is 2.49. The highest BCUT2D eigenvalue weighted by Gasteiger charge is 2.20. The summed E-state index contributed by atoms with van der Waals surface area (Å²) in [7, 11) is 1.70. The zero-order chi connectivity index (χ0) is 6.69. The zero-order valence-corrected chi connectivity index (χ0v) is 6.09. The van der Waals surface area contributed by atoms with Crippen molar-refractivity contribution in [1.82, 2.24) is 0 Å². The van der Waals surface area contributed by atoms with Gasteiger partial charge in [-0.25, -0.2) is 0 Å². The van der Waals surface area contributed by atoms with E-state index in [0.717, 1.165) is 6.61 Å². The van der Waals surface area contributed by atoms with Gasteiger partial charge in [-0.2, -0.15) is 0 Å². The van der Waals surface area contributed by atoms with Crippen LogP contribution in [0.3, 0.4) is 0 Å². The minimum Gasteiger partial charge on any atom is -0.356 e. The number of methoxy groups -OCH3 is 1. The molecular weight excluding hydrogens is 116 g/mol. The number of ether oxygens (including phenoxy) is 2. The van der Waals surface area contributed by atoms with E-state index in [9.17, 15) is 0 Å². The summed E-state index contributed by atoms with van der Waals surface area (Å²) in [6.45, 7) is 3.02. The maximum Gasteiger partial charge on any atom is 0.159 e. The molecule has 1 fully saturated rings. The third-order valence-electron chi connectivity index (χ3n) is 1.78. The van der Waals surface area contributed by atoms with Gasteiger partial charge in [-0.15, -0.1) is 0 Å². The molecule has 0 aromatic heterocycles. The molecule has 9 heavy (non-hydrogen) atoms. The molecule has 2 atom stereocenters. The third kappa shape index (κ3) is 1.66. The highest BCUT2D eigenvalue weighted by molar-refractivity contribution is 4.61. The van der Waals surface area contributed by atoms with Gasteiger partial charge in [0.05, 0.1) is 0 Å². The largest absolute Gasteiger partial charge is 0.356 e. The lowest BCUT2D eigenvalue weighted by Crippen LogP contribution is -2.28. The van der Waals surface area contributed by atoms with Crippen molar-refractivity contribution in [2.45, 2.75) is 26.1 Å². The van der Waals surface area contributed by atoms with Crippen LogP contribution in [0.15, 0.2) is 0 Å². The average molecular weight is 130 g/mol. The van der Waals surface area contributed by atoms with Gasteiger partial charge >= 0.3 is 0 Å². The van der Waals surface area contributed by atoms with Crippen LogP contribution in [0.5, 0.6) is 0 Å². The van der Waals surface area contributed by atoms with Gasteiger partial charge in [-0.3, -0.25) is 0 Å². The molecule has 0 unspecified atom stereocenters. The molecule has 0 bridgehead atoms. The van der Waals surface area contributed by atoms with Gasteiger partial charge in [0.1, 0.15) is 0 Å². The van der Waals surface area contributed by atoms with Crippen molar-refractivity contribution in [3.05, 3.63) is 0 Å². The first-order valence-corrected chi connectivity index (χ1v) is 3.49. The highest BCUT2D eigenvalue weighted by Crippen LogP contribution is 2.19. The van der Waals surface area contributed by atoms with Gasteiger partial charge in [-0.05, 0) is 12.8 Å². The minimum absolute atomic E-state index is 0.0544. The predicted octanol–water partition coefficient (Wildman–Crippen LogP) is 1.41. The molecule has 0 spiro atoms. The van der Waals surface area contributed by atoms with Gasteiger partial charge in [0.15, 0.2) is 6.29 Å². The Morgan fingerprint density at radius 2 is 2.33 bits per heavy atom. The summed E-state index contributed by atoms with van der Waals surface area (Å²) in [5.74, 6) is 0.573. The Morgan fingerprint density at radius 1 is 1.56 bits per heavy atom. The Bertz CT molecular complexity index is 83.0. The van der Waals surface area contributed by atoms with Gasteiger partial charge in [0.25, 0.3) is 0 Å². The summed E-state index contributed by atoms with van der Waals surface area (Å²) in [6, 6.07) is 0. The van der Waals surface area contributed by atoms with Crippen LogP contribution in [-0.4, -0.2) is 20.0 Å². The second-order valence-corrected chi connectivity index (χ2v) is 2.59. The van der Waals surface area contributed by atoms with Crippen molar-refractivity contribution in [2.24, 2.45) is 5.92 Å². The van der Waals surface area contributed by atoms with E-state index < -0.39 is 0 Å². The lowest BCUT2D eigenvalue weighted by Gasteiger charge is -2.27. The standard InChI is InChI=1S/C7H14O2/c1-6-4-3-5-9-7(6)8-2/h6-7H,3-5H2,1-2H3/t6-,7+/m1/s1. The number of hydrogen-bond acceptors (Lipinski definition) is 2. The maximum atomic E-state index is 5.32. The molecule has 1 rings (SSSR count). The van der Waals surface area contributed by atoms with Crippen molar-refractivity contribution < 1.29 is 9.47 Å². The molecule has 2 nitrogen and oxygen atoms in total. The fraction of sp³-hybridized carbons (Fsp3) is 1.00. The summed E-state index contributed by atoms with van der Waals surface area (Å²) >= 11 is 0. The molecule has 54 valence electrons. The smallest absolute Gasteiger partial charge is 0.159 e. The summed E-state index contributed by atoms with van der Waals surface area (Å²) in [4.78, 5) is 0. The Balaban J connectivity index is 2.30. The van der Waals surface area contributed by atoms with Crippen LogP contribution in [0, 0.1) is 5.92 Å². The topological polar surface area (TPSA) is 18.5 Å². The van der Waals surface area contributed by atoms with Crippen LogP contribution in [0.2, 0.25) is 0 Å². The van der Waals surface area contributed by atoms with Crippen molar-refractivity contribution in [2.75, 3.05) is 13.7 Å². The molecule has 0 N–H and O–H groups in total. The molecule has 0 saturated carbocycles. The second kappa shape index (κ2) is 3.18. The molecular formula is C7H14O2. The summed E-state index contributed by atoms with van der Waals surface area (Å²) < 4.78 is 10.4. The molecule has 0 amide bonds. The van der Waals surface area contributed by atoms with Crippen molar-refractivity contribution >= 4 is 0 Å². The molecule has 0 radical (unpaired) electrons. The molecule has 1 aliphatic heterocycles. The molecule has 0 aromatic rings. The molecule has 1 saturated heterocycles. The van der Waals surface area contributed by atoms with E-state index in [0.29, 0.717) is 5.92 Å². The first-order chi connectivity index (χ1) is 4.34. The maximum absolute atomic E-state index is 5.32. The molecule has 2 heteroatoms. The van der Waals surface area contributed by atoms with E-state index in [4.69, 9.17) is 9.47 Å². The molecule has 0 aromatic carbocycles. The van der Waals surface area contributed by atoms with Crippen molar-refractivity contribution in [3.63, 3.8) is 0 Å². The van der Waals surface area contributed by atoms with Crippen LogP contribution < -0.4 is 0 Å². The van der Waals surface area contributed by atoms with Crippen LogP contribution in [0.25, 0.3) is 0 Å². The van der Waals surface area contributed by atoms with E-state index in [1.165, 1.54) is 12.8 Å². The summed E-state index contributed by atoms with van der Waals surface area (Å²) in [6.07, 6.45) is 2.47. The summed E-state index contributed by atoms with van der Waals surface area (Å²) in [5, 5.41) is 0. The average Bonchev–Trinajstić information content (AvgIpc) is 1.89. The lowest BCUT2D eigenvalue weighted by molar-refractivity contribution is -0.173. The molecule has 0 aliphatic carbocycles. The van der Waals surface area contributed by atoms with Gasteiger partial charge in [0, 0.05) is 19.6 Å². The molecule has 1 heterocycles. The number of hydrogen-bond donors (Lipinski definition) is 0. The van der Waals surface area contributed by atoms with E-state index in [1.807, 2.05) is 0 Å². The fourth-order valence-corrected chi connectivity index (χ4v) is 1.21. The Labute approximate surface area is 56.2 Å². The van der Waals surface area contributed by atoms with Crippen molar-refractivity contribution in [1.29, 1.82) is 0 Å². The van der Waals surface area contributed by atoms with Crippen LogP contribution in [0.1, 0.15) is 19.8 Å². The molecule has 1 aliphatic rings. The van der Waals surface area contributed by atoms with Crippen molar-refractivity contribution in [3.8, 4) is 0 Å². The van der Waals surface area contributed by atoms with Gasteiger partial charge < -0.3 is 9.47 Å². The number of rotatable bonds is 1. The highest BCUT2D eigenvalue weighted by atomic mass is 16.7. The minimum atomic E-state index is 0.0544. The van der Waals surface area contributed by atoms with E-state index >= 15 is 0 Å². The van der Waals surface area contributed by atoms with E-state index in [1.54, 1.807) is 7.11 Å². The van der Waals surface area contributed by atoms with E-state index in [-0.39, 0.29) is 6.29 Å². The van der Waals surface area contributed by atoms with Crippen LogP contribution in [-0.2, 0) is 9.47 Å². The normalized spacial score (nSPS) is 36.7. The van der Waals surface area contributed by atoms with Gasteiger partial charge in [-0.1, -0.05) is 6.92 Å². The zero-order valence-electron chi connectivity index (χ0n) is 6.09. The Morgan fingerprint density at radius 3 is 2.78 bits per heavy atom. The van der Waals surface area contributed by atoms with Crippen LogP contribution in [0.4, 0.5) is 0 Å².